The number of benzene rings is 1. The molecule has 1 aliphatic heterocycles. The lowest BCUT2D eigenvalue weighted by atomic mass is 9.90. The zero-order chi connectivity index (χ0) is 24.8. The number of carbonyl (C=O) groups is 4. The summed E-state index contributed by atoms with van der Waals surface area (Å²) in [5, 5.41) is 17.9. The van der Waals surface area contributed by atoms with E-state index >= 15 is 0 Å². The highest BCUT2D eigenvalue weighted by Crippen LogP contribution is 2.20. The van der Waals surface area contributed by atoms with E-state index in [0.717, 1.165) is 6.42 Å². The van der Waals surface area contributed by atoms with Gasteiger partial charge in [0, 0.05) is 17.8 Å². The number of halogens is 1. The summed E-state index contributed by atoms with van der Waals surface area (Å²) in [6.07, 6.45) is 1.71. The largest absolute Gasteiger partial charge is 0.389 e. The molecule has 3 rings (SSSR count). The zero-order valence-electron chi connectivity index (χ0n) is 19.3. The van der Waals surface area contributed by atoms with E-state index in [1.807, 2.05) is 13.8 Å². The fourth-order valence-electron chi connectivity index (χ4n) is 4.18. The van der Waals surface area contributed by atoms with Crippen LogP contribution < -0.4 is 16.0 Å². The number of nitrogens with one attached hydrogen (secondary N) is 4. The Hall–Kier alpha value is -3.27. The molecule has 3 amide bonds. The summed E-state index contributed by atoms with van der Waals surface area (Å²) in [6.45, 7) is 3.56. The molecule has 2 heterocycles. The van der Waals surface area contributed by atoms with Gasteiger partial charge in [0.05, 0.1) is 11.6 Å². The number of piperidine rings is 1. The van der Waals surface area contributed by atoms with Gasteiger partial charge in [-0.2, -0.15) is 0 Å². The van der Waals surface area contributed by atoms with Crippen LogP contribution in [0.4, 0.5) is 4.39 Å². The number of aliphatic hydroxyl groups is 1. The summed E-state index contributed by atoms with van der Waals surface area (Å²) in [5.41, 5.74) is 0.292. The second kappa shape index (κ2) is 11.2. The van der Waals surface area contributed by atoms with Crippen molar-refractivity contribution in [3.05, 3.63) is 35.8 Å². The van der Waals surface area contributed by atoms with Crippen molar-refractivity contribution in [1.82, 2.24) is 20.9 Å². The van der Waals surface area contributed by atoms with Gasteiger partial charge in [0.25, 0.3) is 5.91 Å². The lowest BCUT2D eigenvalue weighted by Gasteiger charge is -2.27. The SMILES string of the molecule is CC(C)C[C@H](NC(=O)c1cc2cccc(F)c2[nH]1)C(=O)N[C@@H](C[C@@H]1CCCNC1=O)C(=O)CO. The van der Waals surface area contributed by atoms with Gasteiger partial charge in [-0.1, -0.05) is 26.0 Å². The van der Waals surface area contributed by atoms with E-state index in [1.165, 1.54) is 18.2 Å². The number of H-pyrrole nitrogens is 1. The number of aromatic amines is 1. The van der Waals surface area contributed by atoms with Crippen molar-refractivity contribution in [1.29, 1.82) is 0 Å². The number of fused-ring (bicyclic) bond motifs is 1. The first kappa shape index (κ1) is 25.4. The average Bonchev–Trinajstić information content (AvgIpc) is 3.24. The van der Waals surface area contributed by atoms with Crippen LogP contribution in [0.3, 0.4) is 0 Å². The van der Waals surface area contributed by atoms with Gasteiger partial charge < -0.3 is 26.0 Å². The molecule has 0 bridgehead atoms. The number of rotatable bonds is 10. The number of ketones is 1. The highest BCUT2D eigenvalue weighted by atomic mass is 19.1. The summed E-state index contributed by atoms with van der Waals surface area (Å²) in [4.78, 5) is 53.1. The second-order valence-corrected chi connectivity index (χ2v) is 9.09. The Morgan fingerprint density at radius 3 is 2.62 bits per heavy atom. The molecular formula is C24H31FN4O5. The monoisotopic (exact) mass is 474 g/mol. The molecule has 1 aromatic heterocycles. The molecule has 2 aromatic rings. The van der Waals surface area contributed by atoms with Crippen LogP contribution >= 0.6 is 0 Å². The molecule has 0 saturated carbocycles. The molecule has 0 spiro atoms. The maximum atomic E-state index is 14.0. The van der Waals surface area contributed by atoms with Crippen molar-refractivity contribution in [3.8, 4) is 0 Å². The van der Waals surface area contributed by atoms with Crippen LogP contribution in [-0.2, 0) is 14.4 Å². The number of amides is 3. The maximum absolute atomic E-state index is 14.0. The van der Waals surface area contributed by atoms with E-state index in [0.29, 0.717) is 18.4 Å². The molecule has 0 radical (unpaired) electrons. The molecule has 0 unspecified atom stereocenters. The fourth-order valence-corrected chi connectivity index (χ4v) is 4.18. The van der Waals surface area contributed by atoms with Crippen LogP contribution in [-0.4, -0.2) is 58.8 Å². The van der Waals surface area contributed by atoms with Crippen molar-refractivity contribution in [3.63, 3.8) is 0 Å². The summed E-state index contributed by atoms with van der Waals surface area (Å²) < 4.78 is 14.0. The number of hydrogen-bond donors (Lipinski definition) is 5. The van der Waals surface area contributed by atoms with Crippen molar-refractivity contribution in [2.45, 2.75) is 51.6 Å². The molecule has 1 aromatic carbocycles. The molecule has 5 N–H and O–H groups in total. The van der Waals surface area contributed by atoms with Gasteiger partial charge in [0.2, 0.25) is 11.8 Å². The minimum absolute atomic E-state index is 0.0346. The zero-order valence-corrected chi connectivity index (χ0v) is 19.3. The van der Waals surface area contributed by atoms with E-state index in [2.05, 4.69) is 20.9 Å². The summed E-state index contributed by atoms with van der Waals surface area (Å²) >= 11 is 0. The molecule has 34 heavy (non-hydrogen) atoms. The molecule has 0 aliphatic carbocycles. The normalized spacial score (nSPS) is 17.8. The number of aliphatic hydroxyl groups excluding tert-OH is 1. The van der Waals surface area contributed by atoms with Crippen molar-refractivity contribution < 1.29 is 28.7 Å². The summed E-state index contributed by atoms with van der Waals surface area (Å²) in [7, 11) is 0. The van der Waals surface area contributed by atoms with Crippen LogP contribution in [0, 0.1) is 17.7 Å². The van der Waals surface area contributed by atoms with E-state index in [-0.39, 0.29) is 35.9 Å². The number of aromatic nitrogens is 1. The van der Waals surface area contributed by atoms with Gasteiger partial charge in [-0.3, -0.25) is 19.2 Å². The first-order chi connectivity index (χ1) is 16.2. The van der Waals surface area contributed by atoms with E-state index in [4.69, 9.17) is 0 Å². The third-order valence-electron chi connectivity index (χ3n) is 5.96. The third kappa shape index (κ3) is 6.19. The van der Waals surface area contributed by atoms with Gasteiger partial charge in [-0.05, 0) is 43.7 Å². The van der Waals surface area contributed by atoms with Gasteiger partial charge in [-0.15, -0.1) is 0 Å². The van der Waals surface area contributed by atoms with Crippen LogP contribution in [0.15, 0.2) is 24.3 Å². The van der Waals surface area contributed by atoms with Crippen LogP contribution in [0.25, 0.3) is 10.9 Å². The highest BCUT2D eigenvalue weighted by Gasteiger charge is 2.32. The molecule has 9 nitrogen and oxygen atoms in total. The maximum Gasteiger partial charge on any atom is 0.268 e. The Balaban J connectivity index is 1.74. The Labute approximate surface area is 196 Å². The lowest BCUT2D eigenvalue weighted by molar-refractivity contribution is -0.132. The first-order valence-corrected chi connectivity index (χ1v) is 11.5. The van der Waals surface area contributed by atoms with E-state index < -0.39 is 48.0 Å². The molecule has 1 fully saturated rings. The van der Waals surface area contributed by atoms with Gasteiger partial charge in [-0.25, -0.2) is 4.39 Å². The Bertz CT molecular complexity index is 1070. The van der Waals surface area contributed by atoms with E-state index in [9.17, 15) is 28.7 Å². The number of hydrogen-bond acceptors (Lipinski definition) is 5. The van der Waals surface area contributed by atoms with E-state index in [1.54, 1.807) is 6.07 Å². The predicted octanol–water partition coefficient (Wildman–Crippen LogP) is 1.41. The van der Waals surface area contributed by atoms with Gasteiger partial charge in [0.15, 0.2) is 5.78 Å². The second-order valence-electron chi connectivity index (χ2n) is 9.09. The topological polar surface area (TPSA) is 140 Å². The fraction of sp³-hybridized carbons (Fsp3) is 0.500. The summed E-state index contributed by atoms with van der Waals surface area (Å²) in [5.74, 6) is -2.88. The third-order valence-corrected chi connectivity index (χ3v) is 5.96. The lowest BCUT2D eigenvalue weighted by Crippen LogP contribution is -2.53. The van der Waals surface area contributed by atoms with Crippen molar-refractivity contribution >= 4 is 34.4 Å². The molecule has 184 valence electrons. The molecule has 3 atom stereocenters. The summed E-state index contributed by atoms with van der Waals surface area (Å²) in [6, 6.07) is 3.94. The Morgan fingerprint density at radius 1 is 1.21 bits per heavy atom. The smallest absolute Gasteiger partial charge is 0.268 e. The van der Waals surface area contributed by atoms with Gasteiger partial charge in [0.1, 0.15) is 24.2 Å². The predicted molar refractivity (Wildman–Crippen MR) is 123 cm³/mol. The minimum atomic E-state index is -1.06. The van der Waals surface area contributed by atoms with Crippen LogP contribution in [0.5, 0.6) is 0 Å². The molecule has 1 aliphatic rings. The Morgan fingerprint density at radius 2 is 1.97 bits per heavy atom. The number of Topliss-reactive ketones (excluding diaryl/α,β-unsaturated/α-hetero) is 1. The molecule has 1 saturated heterocycles. The Kier molecular flexibility index (Phi) is 8.38. The first-order valence-electron chi connectivity index (χ1n) is 11.5. The van der Waals surface area contributed by atoms with Crippen LogP contribution in [0.1, 0.15) is 50.0 Å². The van der Waals surface area contributed by atoms with Crippen molar-refractivity contribution in [2.24, 2.45) is 11.8 Å². The van der Waals surface area contributed by atoms with Gasteiger partial charge >= 0.3 is 0 Å². The highest BCUT2D eigenvalue weighted by molar-refractivity contribution is 6.01. The average molecular weight is 475 g/mol. The standard InChI is InChI=1S/C24H31FN4O5/c1-13(2)9-18(29-24(34)19-10-14-5-3-7-16(25)21(14)27-19)23(33)28-17(20(31)12-30)11-15-6-4-8-26-22(15)32/h3,5,7,10,13,15,17-18,27,30H,4,6,8-9,11-12H2,1-2H3,(H,26,32)(H,28,33)(H,29,34)/t15-,17-,18-/m0/s1. The van der Waals surface area contributed by atoms with Crippen molar-refractivity contribution in [2.75, 3.05) is 13.2 Å². The molecular weight excluding hydrogens is 443 g/mol. The number of carbonyl (C=O) groups excluding carboxylic acids is 4. The minimum Gasteiger partial charge on any atom is -0.389 e. The van der Waals surface area contributed by atoms with Crippen LogP contribution in [0.2, 0.25) is 0 Å². The number of para-hydroxylation sites is 1. The quantitative estimate of drug-likeness (QED) is 0.354. The molecule has 10 heteroatoms.